The van der Waals surface area contributed by atoms with E-state index in [4.69, 9.17) is 4.74 Å². The van der Waals surface area contributed by atoms with Gasteiger partial charge >= 0.3 is 0 Å². The number of halogens is 1. The molecular weight excluding hydrogens is 493 g/mol. The average Bonchev–Trinajstić information content (AvgIpc) is 3.28. The molecule has 7 nitrogen and oxygen atoms in total. The number of nitrogens with one attached hydrogen (secondary N) is 2. The maximum Gasteiger partial charge on any atom is 0.163 e. The molecule has 1 aliphatic carbocycles. The molecule has 39 heavy (non-hydrogen) atoms. The minimum Gasteiger partial charge on any atom is -0.487 e. The minimum atomic E-state index is -0.382. The summed E-state index contributed by atoms with van der Waals surface area (Å²) in [4.78, 5) is 13.6. The van der Waals surface area contributed by atoms with Gasteiger partial charge in [-0.2, -0.15) is 0 Å². The number of nitrogens with zero attached hydrogens (tertiary/aromatic N) is 3. The third-order valence-electron chi connectivity index (χ3n) is 7.20. The quantitative estimate of drug-likeness (QED) is 0.310. The van der Waals surface area contributed by atoms with E-state index in [9.17, 15) is 9.18 Å². The highest BCUT2D eigenvalue weighted by molar-refractivity contribution is 6.01. The fraction of sp³-hybridized carbons (Fsp3) is 0.258. The highest BCUT2D eigenvalue weighted by Gasteiger charge is 2.39. The summed E-state index contributed by atoms with van der Waals surface area (Å²) >= 11 is 0. The second-order valence-electron chi connectivity index (χ2n) is 10.9. The molecular formula is C31H30FN5O2. The summed E-state index contributed by atoms with van der Waals surface area (Å²) in [6.07, 6.45) is 3.01. The molecule has 4 aromatic rings. The molecule has 2 heterocycles. The van der Waals surface area contributed by atoms with Crippen molar-refractivity contribution in [2.45, 2.75) is 45.9 Å². The molecule has 2 N–H and O–H groups in total. The molecule has 0 radical (unpaired) electrons. The number of fused-ring (bicyclic) bond motifs is 1. The van der Waals surface area contributed by atoms with E-state index in [2.05, 4.69) is 34.8 Å². The van der Waals surface area contributed by atoms with Gasteiger partial charge in [0.2, 0.25) is 0 Å². The number of Topliss-reactive ketones (excluding diaryl/α,β-unsaturated/α-hetero) is 1. The number of benzene rings is 3. The zero-order chi connectivity index (χ0) is 27.0. The highest BCUT2D eigenvalue weighted by Crippen LogP contribution is 2.46. The molecule has 0 amide bonds. The largest absolute Gasteiger partial charge is 0.487 e. The van der Waals surface area contributed by atoms with Crippen LogP contribution in [-0.4, -0.2) is 20.8 Å². The first-order valence-electron chi connectivity index (χ1n) is 13.1. The Morgan fingerprint density at radius 3 is 2.59 bits per heavy atom. The molecule has 8 heteroatoms. The van der Waals surface area contributed by atoms with Gasteiger partial charge in [-0.05, 0) is 36.1 Å². The van der Waals surface area contributed by atoms with Gasteiger partial charge in [0.15, 0.2) is 5.78 Å². The van der Waals surface area contributed by atoms with Gasteiger partial charge in [0.25, 0.3) is 0 Å². The zero-order valence-electron chi connectivity index (χ0n) is 21.9. The summed E-state index contributed by atoms with van der Waals surface area (Å²) in [5, 5.41) is 15.5. The monoisotopic (exact) mass is 523 g/mol. The van der Waals surface area contributed by atoms with Crippen molar-refractivity contribution in [1.29, 1.82) is 0 Å². The molecule has 1 aromatic heterocycles. The SMILES string of the molecule is CC1(C)CC(=O)C2=C(C1)Nc1ccccc1NC2c1ccccc1OCc1cn(Cc2ccccc2F)nn1. The lowest BCUT2D eigenvalue weighted by molar-refractivity contribution is -0.118. The predicted octanol–water partition coefficient (Wildman–Crippen LogP) is 6.27. The van der Waals surface area contributed by atoms with E-state index in [0.29, 0.717) is 23.4 Å². The van der Waals surface area contributed by atoms with Gasteiger partial charge in [0.1, 0.15) is 23.9 Å². The predicted molar refractivity (Wildman–Crippen MR) is 148 cm³/mol. The fourth-order valence-corrected chi connectivity index (χ4v) is 5.41. The van der Waals surface area contributed by atoms with Crippen LogP contribution < -0.4 is 15.4 Å². The number of rotatable bonds is 6. The number of para-hydroxylation sites is 3. The number of ketones is 1. The normalized spacial score (nSPS) is 17.9. The molecule has 3 aromatic carbocycles. The van der Waals surface area contributed by atoms with Crippen molar-refractivity contribution in [3.63, 3.8) is 0 Å². The van der Waals surface area contributed by atoms with Crippen LogP contribution in [0.5, 0.6) is 5.75 Å². The van der Waals surface area contributed by atoms with E-state index >= 15 is 0 Å². The second kappa shape index (κ2) is 10.0. The van der Waals surface area contributed by atoms with Gasteiger partial charge < -0.3 is 15.4 Å². The van der Waals surface area contributed by atoms with Crippen LogP contribution >= 0.6 is 0 Å². The Bertz CT molecular complexity index is 1570. The Morgan fingerprint density at radius 2 is 1.74 bits per heavy atom. The molecule has 1 atom stereocenters. The topological polar surface area (TPSA) is 81.1 Å². The lowest BCUT2D eigenvalue weighted by Crippen LogP contribution is -2.31. The van der Waals surface area contributed by atoms with E-state index in [1.165, 1.54) is 6.07 Å². The molecule has 6 rings (SSSR count). The van der Waals surface area contributed by atoms with Gasteiger partial charge in [-0.15, -0.1) is 5.10 Å². The summed E-state index contributed by atoms with van der Waals surface area (Å²) in [5.74, 6) is 0.508. The van der Waals surface area contributed by atoms with E-state index in [1.54, 1.807) is 29.1 Å². The molecule has 198 valence electrons. The van der Waals surface area contributed by atoms with Gasteiger partial charge in [-0.25, -0.2) is 9.07 Å². The van der Waals surface area contributed by atoms with Crippen LogP contribution in [0.25, 0.3) is 0 Å². The van der Waals surface area contributed by atoms with Crippen molar-refractivity contribution < 1.29 is 13.9 Å². The smallest absolute Gasteiger partial charge is 0.163 e. The number of anilines is 2. The molecule has 2 aliphatic rings. The lowest BCUT2D eigenvalue weighted by Gasteiger charge is -2.34. The fourth-order valence-electron chi connectivity index (χ4n) is 5.41. The van der Waals surface area contributed by atoms with Crippen molar-refractivity contribution in [3.05, 3.63) is 113 Å². The molecule has 0 fully saturated rings. The third-order valence-corrected chi connectivity index (χ3v) is 7.20. The molecule has 0 saturated carbocycles. The summed E-state index contributed by atoms with van der Waals surface area (Å²) in [7, 11) is 0. The Morgan fingerprint density at radius 1 is 1.00 bits per heavy atom. The summed E-state index contributed by atoms with van der Waals surface area (Å²) < 4.78 is 21.9. The van der Waals surface area contributed by atoms with Crippen LogP contribution in [0.4, 0.5) is 15.8 Å². The Labute approximate surface area is 226 Å². The molecule has 0 saturated heterocycles. The summed E-state index contributed by atoms with van der Waals surface area (Å²) in [5.41, 5.74) is 5.47. The summed E-state index contributed by atoms with van der Waals surface area (Å²) in [6, 6.07) is 22.0. The van der Waals surface area contributed by atoms with Crippen molar-refractivity contribution in [2.24, 2.45) is 5.41 Å². The molecule has 1 aliphatic heterocycles. The van der Waals surface area contributed by atoms with Crippen LogP contribution in [0.2, 0.25) is 0 Å². The van der Waals surface area contributed by atoms with Gasteiger partial charge in [-0.1, -0.05) is 67.6 Å². The maximum atomic E-state index is 14.1. The van der Waals surface area contributed by atoms with Gasteiger partial charge in [0.05, 0.1) is 30.2 Å². The number of allylic oxidation sites excluding steroid dienone is 1. The Balaban J connectivity index is 1.29. The number of carbonyl (C=O) groups is 1. The molecule has 1 unspecified atom stereocenters. The number of carbonyl (C=O) groups excluding carboxylic acids is 1. The highest BCUT2D eigenvalue weighted by atomic mass is 19.1. The first kappa shape index (κ1) is 24.9. The van der Waals surface area contributed by atoms with Crippen LogP contribution in [0.15, 0.2) is 90.3 Å². The van der Waals surface area contributed by atoms with Crippen LogP contribution in [0, 0.1) is 11.2 Å². The first-order chi connectivity index (χ1) is 18.9. The molecule has 0 spiro atoms. The summed E-state index contributed by atoms with van der Waals surface area (Å²) in [6.45, 7) is 4.73. The zero-order valence-corrected chi connectivity index (χ0v) is 21.9. The van der Waals surface area contributed by atoms with E-state index in [1.807, 2.05) is 48.5 Å². The van der Waals surface area contributed by atoms with Crippen molar-refractivity contribution >= 4 is 17.2 Å². The van der Waals surface area contributed by atoms with Crippen molar-refractivity contribution in [3.8, 4) is 5.75 Å². The van der Waals surface area contributed by atoms with Crippen molar-refractivity contribution in [1.82, 2.24) is 15.0 Å². The van der Waals surface area contributed by atoms with E-state index in [0.717, 1.165) is 34.6 Å². The van der Waals surface area contributed by atoms with Gasteiger partial charge in [0, 0.05) is 28.8 Å². The van der Waals surface area contributed by atoms with Crippen molar-refractivity contribution in [2.75, 3.05) is 10.6 Å². The van der Waals surface area contributed by atoms with E-state index in [-0.39, 0.29) is 36.2 Å². The van der Waals surface area contributed by atoms with Crippen LogP contribution in [0.1, 0.15) is 49.6 Å². The third kappa shape index (κ3) is 5.14. The number of ether oxygens (including phenoxy) is 1. The van der Waals surface area contributed by atoms with E-state index < -0.39 is 0 Å². The van der Waals surface area contributed by atoms with Crippen LogP contribution in [0.3, 0.4) is 0 Å². The second-order valence-corrected chi connectivity index (χ2v) is 10.9. The van der Waals surface area contributed by atoms with Gasteiger partial charge in [-0.3, -0.25) is 4.79 Å². The lowest BCUT2D eigenvalue weighted by atomic mass is 9.73. The Hall–Kier alpha value is -4.46. The number of hydrogen-bond donors (Lipinski definition) is 2. The minimum absolute atomic E-state index is 0.128. The molecule has 0 bridgehead atoms. The number of aromatic nitrogens is 3. The number of hydrogen-bond acceptors (Lipinski definition) is 6. The standard InChI is InChI=1S/C31H30FN5O2/c1-31(2)15-26-29(27(38)16-31)30(34-25-13-7-6-12-24(25)33-26)22-10-4-8-14-28(22)39-19-21-18-37(36-35-21)17-20-9-3-5-11-23(20)32/h3-14,18,30,33-34H,15-17,19H2,1-2H3. The first-order valence-corrected chi connectivity index (χ1v) is 13.1. The average molecular weight is 524 g/mol. The Kier molecular flexibility index (Phi) is 6.38. The van der Waals surface area contributed by atoms with Crippen LogP contribution in [-0.2, 0) is 17.9 Å². The maximum absolute atomic E-state index is 14.1.